The van der Waals surface area contributed by atoms with Gasteiger partial charge in [0.15, 0.2) is 0 Å². The number of hydrogen-bond donors (Lipinski definition) is 0. The molecule has 0 heterocycles. The van der Waals surface area contributed by atoms with E-state index in [0.717, 1.165) is 64.5 Å². The second-order valence-electron chi connectivity index (χ2n) is 15.5. The Bertz CT molecular complexity index is 860. The van der Waals surface area contributed by atoms with E-state index < -0.39 is 0 Å². The van der Waals surface area contributed by atoms with E-state index in [2.05, 4.69) is 86.4 Å². The Morgan fingerprint density at radius 2 is 0.759 bits per heavy atom. The first-order chi connectivity index (χ1) is 26.5. The lowest BCUT2D eigenvalue weighted by atomic mass is 10.1. The van der Waals surface area contributed by atoms with Gasteiger partial charge in [0.1, 0.15) is 0 Å². The van der Waals surface area contributed by atoms with Crippen LogP contribution in [0.2, 0.25) is 0 Å². The van der Waals surface area contributed by atoms with Crippen LogP contribution in [0.15, 0.2) is 48.6 Å². The number of esters is 2. The van der Waals surface area contributed by atoms with Crippen molar-refractivity contribution in [2.75, 3.05) is 53.5 Å². The lowest BCUT2D eigenvalue weighted by molar-refractivity contribution is -0.144. The van der Waals surface area contributed by atoms with Crippen LogP contribution in [-0.4, -0.2) is 75.2 Å². The molecular weight excluding hydrogens is 669 g/mol. The lowest BCUT2D eigenvalue weighted by Crippen LogP contribution is -2.31. The van der Waals surface area contributed by atoms with Crippen molar-refractivity contribution in [3.8, 4) is 0 Å². The number of nitrogens with zero attached hydrogens (tertiary/aromatic N) is 2. The molecule has 0 radical (unpaired) electrons. The highest BCUT2D eigenvalue weighted by atomic mass is 16.5. The van der Waals surface area contributed by atoms with Gasteiger partial charge in [-0.05, 0) is 117 Å². The van der Waals surface area contributed by atoms with E-state index in [9.17, 15) is 9.59 Å². The third-order valence-corrected chi connectivity index (χ3v) is 9.81. The van der Waals surface area contributed by atoms with Crippen LogP contribution in [0, 0.1) is 0 Å². The number of allylic oxidation sites excluding steroid dienone is 8. The Hall–Kier alpha value is -2.18. The Morgan fingerprint density at radius 3 is 1.15 bits per heavy atom. The van der Waals surface area contributed by atoms with Crippen molar-refractivity contribution in [3.05, 3.63) is 48.6 Å². The second-order valence-corrected chi connectivity index (χ2v) is 15.5. The molecular formula is C48H88N2O4. The molecule has 0 fully saturated rings. The summed E-state index contributed by atoms with van der Waals surface area (Å²) in [5, 5.41) is 0. The molecule has 0 aliphatic heterocycles. The highest BCUT2D eigenvalue weighted by Gasteiger charge is 2.12. The molecule has 0 atom stereocenters. The minimum atomic E-state index is -0.129. The van der Waals surface area contributed by atoms with Gasteiger partial charge in [0, 0.05) is 13.1 Å². The van der Waals surface area contributed by atoms with Crippen molar-refractivity contribution in [1.82, 2.24) is 9.80 Å². The zero-order chi connectivity index (χ0) is 39.4. The zero-order valence-electron chi connectivity index (χ0n) is 36.2. The zero-order valence-corrected chi connectivity index (χ0v) is 36.2. The molecule has 0 N–H and O–H groups in total. The molecule has 0 amide bonds. The van der Waals surface area contributed by atoms with Crippen molar-refractivity contribution in [3.63, 3.8) is 0 Å². The molecule has 0 unspecified atom stereocenters. The van der Waals surface area contributed by atoms with Gasteiger partial charge in [-0.25, -0.2) is 0 Å². The number of rotatable bonds is 41. The molecule has 314 valence electrons. The molecule has 0 bridgehead atoms. The summed E-state index contributed by atoms with van der Waals surface area (Å²) < 4.78 is 11.1. The molecule has 6 nitrogen and oxygen atoms in total. The molecule has 0 aliphatic rings. The summed E-state index contributed by atoms with van der Waals surface area (Å²) in [7, 11) is 4.18. The maximum absolute atomic E-state index is 12.5. The fourth-order valence-corrected chi connectivity index (χ4v) is 6.29. The number of unbranched alkanes of at least 4 members (excludes halogenated alkanes) is 19. The van der Waals surface area contributed by atoms with Crippen LogP contribution in [0.1, 0.15) is 194 Å². The van der Waals surface area contributed by atoms with Crippen LogP contribution in [0.25, 0.3) is 0 Å². The number of ether oxygens (including phenoxy) is 2. The fraction of sp³-hybridized carbons (Fsp3) is 0.792. The summed E-state index contributed by atoms with van der Waals surface area (Å²) in [5.74, 6) is -0.258. The van der Waals surface area contributed by atoms with Gasteiger partial charge in [-0.15, -0.1) is 0 Å². The summed E-state index contributed by atoms with van der Waals surface area (Å²) in [6.07, 6.45) is 50.2. The summed E-state index contributed by atoms with van der Waals surface area (Å²) in [4.78, 5) is 29.4. The lowest BCUT2D eigenvalue weighted by Gasteiger charge is -2.22. The first kappa shape index (κ1) is 51.8. The number of carbonyl (C=O) groups excluding carboxylic acids is 2. The summed E-state index contributed by atoms with van der Waals surface area (Å²) in [6, 6.07) is 0. The van der Waals surface area contributed by atoms with Gasteiger partial charge in [0.05, 0.1) is 26.1 Å². The quantitative estimate of drug-likeness (QED) is 0.0352. The Kier molecular flexibility index (Phi) is 41.8. The first-order valence-electron chi connectivity index (χ1n) is 22.8. The van der Waals surface area contributed by atoms with Crippen molar-refractivity contribution < 1.29 is 19.1 Å². The number of carbonyl (C=O) groups is 2. The SMILES string of the molecule is CCCCC/C=C\C/C=C\CCCCCCCCOC(=O)CCN(CCCCN(C)C)CCC(=O)OCCCCCCCC/C=C\C/C=C\CCCCC. The van der Waals surface area contributed by atoms with Crippen LogP contribution in [-0.2, 0) is 19.1 Å². The van der Waals surface area contributed by atoms with Crippen molar-refractivity contribution in [1.29, 1.82) is 0 Å². The van der Waals surface area contributed by atoms with Gasteiger partial charge in [-0.2, -0.15) is 0 Å². The molecule has 0 saturated carbocycles. The van der Waals surface area contributed by atoms with Crippen LogP contribution in [0.5, 0.6) is 0 Å². The predicted molar refractivity (Wildman–Crippen MR) is 234 cm³/mol. The average molecular weight is 757 g/mol. The molecule has 0 rings (SSSR count). The smallest absolute Gasteiger partial charge is 0.307 e. The molecule has 0 spiro atoms. The Morgan fingerprint density at radius 1 is 0.407 bits per heavy atom. The van der Waals surface area contributed by atoms with E-state index in [1.54, 1.807) is 0 Å². The monoisotopic (exact) mass is 757 g/mol. The summed E-state index contributed by atoms with van der Waals surface area (Å²) >= 11 is 0. The standard InChI is InChI=1S/C48H88N2O4/c1-5-7-9-11-13-15-17-19-21-23-25-27-29-31-33-37-45-53-47(51)39-43-50(42-36-35-41-49(3)4)44-40-48(52)54-46-38-34-32-30-28-26-24-22-20-18-16-14-12-10-8-6-2/h13-16,19-22H,5-12,17-18,23-46H2,1-4H3/b15-13-,16-14-,21-19-,22-20-. The highest BCUT2D eigenvalue weighted by Crippen LogP contribution is 2.11. The van der Waals surface area contributed by atoms with E-state index in [0.29, 0.717) is 39.1 Å². The maximum Gasteiger partial charge on any atom is 0.307 e. The van der Waals surface area contributed by atoms with Crippen molar-refractivity contribution in [2.45, 2.75) is 194 Å². The summed E-state index contributed by atoms with van der Waals surface area (Å²) in [5.41, 5.74) is 0. The first-order valence-corrected chi connectivity index (χ1v) is 22.8. The van der Waals surface area contributed by atoms with E-state index in [4.69, 9.17) is 9.47 Å². The third kappa shape index (κ3) is 42.6. The fourth-order valence-electron chi connectivity index (χ4n) is 6.29. The molecule has 0 aliphatic carbocycles. The van der Waals surface area contributed by atoms with Gasteiger partial charge in [0.2, 0.25) is 0 Å². The van der Waals surface area contributed by atoms with E-state index in [-0.39, 0.29) is 11.9 Å². The molecule has 54 heavy (non-hydrogen) atoms. The normalized spacial score (nSPS) is 12.2. The Balaban J connectivity index is 3.96. The van der Waals surface area contributed by atoms with Gasteiger partial charge in [-0.1, -0.05) is 140 Å². The highest BCUT2D eigenvalue weighted by molar-refractivity contribution is 5.70. The Labute approximate surface area is 335 Å². The second kappa shape index (κ2) is 43.5. The van der Waals surface area contributed by atoms with E-state index in [1.165, 1.54) is 116 Å². The molecule has 0 aromatic rings. The largest absolute Gasteiger partial charge is 0.466 e. The molecule has 6 heteroatoms. The number of hydrogen-bond acceptors (Lipinski definition) is 6. The molecule has 0 saturated heterocycles. The average Bonchev–Trinajstić information content (AvgIpc) is 3.16. The minimum Gasteiger partial charge on any atom is -0.466 e. The van der Waals surface area contributed by atoms with Crippen molar-refractivity contribution in [2.24, 2.45) is 0 Å². The summed E-state index contributed by atoms with van der Waals surface area (Å²) in [6.45, 7) is 8.70. The van der Waals surface area contributed by atoms with E-state index >= 15 is 0 Å². The molecule has 0 aromatic heterocycles. The van der Waals surface area contributed by atoms with E-state index in [1.807, 2.05) is 0 Å². The van der Waals surface area contributed by atoms with Gasteiger partial charge < -0.3 is 19.3 Å². The minimum absolute atomic E-state index is 0.129. The van der Waals surface area contributed by atoms with Gasteiger partial charge in [-0.3, -0.25) is 9.59 Å². The van der Waals surface area contributed by atoms with Crippen LogP contribution >= 0.6 is 0 Å². The predicted octanol–water partition coefficient (Wildman–Crippen LogP) is 13.1. The van der Waals surface area contributed by atoms with Crippen LogP contribution < -0.4 is 0 Å². The molecule has 0 aromatic carbocycles. The third-order valence-electron chi connectivity index (χ3n) is 9.81. The van der Waals surface area contributed by atoms with Crippen molar-refractivity contribution >= 4 is 11.9 Å². The van der Waals surface area contributed by atoms with Crippen LogP contribution in [0.4, 0.5) is 0 Å². The van der Waals surface area contributed by atoms with Gasteiger partial charge >= 0.3 is 11.9 Å². The van der Waals surface area contributed by atoms with Gasteiger partial charge in [0.25, 0.3) is 0 Å². The topological polar surface area (TPSA) is 59.1 Å². The van der Waals surface area contributed by atoms with Crippen LogP contribution in [0.3, 0.4) is 0 Å². The maximum atomic E-state index is 12.5.